The van der Waals surface area contributed by atoms with Crippen molar-refractivity contribution in [2.45, 2.75) is 0 Å². The highest BCUT2D eigenvalue weighted by Gasteiger charge is 2.19. The molecule has 2 heterocycles. The second-order valence-electron chi connectivity index (χ2n) is 12.5. The van der Waals surface area contributed by atoms with Gasteiger partial charge in [-0.05, 0) is 76.0 Å². The van der Waals surface area contributed by atoms with E-state index in [-0.39, 0.29) is 0 Å². The van der Waals surface area contributed by atoms with E-state index in [1.54, 1.807) is 0 Å². The largest absolute Gasteiger partial charge is 0.309 e. The third-order valence-corrected chi connectivity index (χ3v) is 12.1. The Morgan fingerprint density at radius 1 is 0.367 bits per heavy atom. The molecule has 3 heteroatoms. The van der Waals surface area contributed by atoms with Crippen molar-refractivity contribution >= 4 is 90.9 Å². The Morgan fingerprint density at radius 2 is 0.918 bits per heavy atom. The number of nitrogens with zero attached hydrogens (tertiary/aromatic N) is 1. The summed E-state index contributed by atoms with van der Waals surface area (Å²) in [4.78, 5) is 2.42. The predicted molar refractivity (Wildman–Crippen MR) is 215 cm³/mol. The van der Waals surface area contributed by atoms with Gasteiger partial charge in [0.2, 0.25) is 0 Å². The van der Waals surface area contributed by atoms with E-state index in [0.29, 0.717) is 0 Å². The summed E-state index contributed by atoms with van der Waals surface area (Å²) in [5.41, 5.74) is 8.40. The number of benzene rings is 8. The van der Waals surface area contributed by atoms with E-state index < -0.39 is 0 Å². The summed E-state index contributed by atoms with van der Waals surface area (Å²) < 4.78 is 5.27. The highest BCUT2D eigenvalue weighted by Crippen LogP contribution is 2.47. The Kier molecular flexibility index (Phi) is 6.61. The molecule has 0 N–H and O–H groups in total. The normalized spacial score (nSPS) is 11.7. The van der Waals surface area contributed by atoms with Gasteiger partial charge >= 0.3 is 0 Å². The van der Waals surface area contributed by atoms with E-state index >= 15 is 0 Å². The lowest BCUT2D eigenvalue weighted by Gasteiger charge is -2.26. The van der Waals surface area contributed by atoms with Crippen molar-refractivity contribution in [2.24, 2.45) is 0 Å². The third-order valence-electron chi connectivity index (χ3n) is 9.66. The maximum Gasteiger partial charge on any atom is 0.0640 e. The molecule has 0 saturated heterocycles. The lowest BCUT2D eigenvalue weighted by molar-refractivity contribution is 1.30. The average Bonchev–Trinajstić information content (AvgIpc) is 3.76. The van der Waals surface area contributed by atoms with Crippen LogP contribution in [0.4, 0.5) is 17.1 Å². The molecular formula is C46H29NS2. The number of rotatable bonds is 5. The number of hydrogen-bond donors (Lipinski definition) is 0. The fourth-order valence-corrected chi connectivity index (χ4v) is 9.81. The first-order valence-corrected chi connectivity index (χ1v) is 18.2. The van der Waals surface area contributed by atoms with Crippen LogP contribution in [0, 0.1) is 0 Å². The smallest absolute Gasteiger partial charge is 0.0640 e. The fraction of sp³-hybridized carbons (Fsp3) is 0. The third kappa shape index (κ3) is 4.66. The molecule has 10 aromatic rings. The molecule has 0 aliphatic rings. The fourth-order valence-electron chi connectivity index (χ4n) is 7.35. The van der Waals surface area contributed by atoms with Crippen LogP contribution in [0.1, 0.15) is 0 Å². The Morgan fingerprint density at radius 3 is 1.67 bits per heavy atom. The molecule has 0 aliphatic heterocycles. The van der Waals surface area contributed by atoms with E-state index in [4.69, 9.17) is 0 Å². The first kappa shape index (κ1) is 28.3. The molecule has 0 fully saturated rings. The van der Waals surface area contributed by atoms with Crippen molar-refractivity contribution in [3.8, 4) is 22.3 Å². The zero-order valence-corrected chi connectivity index (χ0v) is 28.1. The molecule has 0 amide bonds. The second-order valence-corrected chi connectivity index (χ2v) is 14.6. The van der Waals surface area contributed by atoms with Gasteiger partial charge in [0.05, 0.1) is 10.4 Å². The predicted octanol–water partition coefficient (Wildman–Crippen LogP) is 14.4. The van der Waals surface area contributed by atoms with Crippen molar-refractivity contribution in [1.82, 2.24) is 0 Å². The topological polar surface area (TPSA) is 3.24 Å². The maximum absolute atomic E-state index is 2.42. The molecule has 0 spiro atoms. The standard InChI is InChI=1S/C46H29NS2/c1-2-11-30(12-3-1)31-21-25-34(26-22-31)47(41-18-10-17-38-37-15-6-8-19-42(37)48-45(38)41)35-27-23-32(24-28-35)40-29-33-13-4-5-14-36(33)44-39-16-7-9-20-43(39)49-46(40)44/h1-29H. The Bertz CT molecular complexity index is 2810. The zero-order valence-electron chi connectivity index (χ0n) is 26.5. The van der Waals surface area contributed by atoms with Crippen LogP contribution in [-0.2, 0) is 0 Å². The van der Waals surface area contributed by atoms with Crippen molar-refractivity contribution in [3.05, 3.63) is 176 Å². The van der Waals surface area contributed by atoms with Gasteiger partial charge in [-0.15, -0.1) is 22.7 Å². The lowest BCUT2D eigenvalue weighted by atomic mass is 9.96. The van der Waals surface area contributed by atoms with Crippen LogP contribution < -0.4 is 4.90 Å². The first-order valence-electron chi connectivity index (χ1n) is 16.6. The summed E-state index contributed by atoms with van der Waals surface area (Å²) in [5, 5.41) is 7.88. The van der Waals surface area contributed by atoms with E-state index in [1.165, 1.54) is 79.1 Å². The Labute approximate surface area is 292 Å². The summed E-state index contributed by atoms with van der Waals surface area (Å²) in [6.45, 7) is 0. The van der Waals surface area contributed by atoms with Gasteiger partial charge < -0.3 is 4.90 Å². The van der Waals surface area contributed by atoms with Gasteiger partial charge in [-0.3, -0.25) is 0 Å². The van der Waals surface area contributed by atoms with Gasteiger partial charge in [0.1, 0.15) is 0 Å². The summed E-state index contributed by atoms with van der Waals surface area (Å²) >= 11 is 3.77. The van der Waals surface area contributed by atoms with E-state index in [9.17, 15) is 0 Å². The molecule has 0 unspecified atom stereocenters. The summed E-state index contributed by atoms with van der Waals surface area (Å²) in [6, 6.07) is 64.3. The summed E-state index contributed by atoms with van der Waals surface area (Å²) in [6.07, 6.45) is 0. The number of anilines is 3. The lowest BCUT2D eigenvalue weighted by Crippen LogP contribution is -2.10. The van der Waals surface area contributed by atoms with Crippen LogP contribution in [0.3, 0.4) is 0 Å². The molecular weight excluding hydrogens is 631 g/mol. The van der Waals surface area contributed by atoms with E-state index in [0.717, 1.165) is 11.4 Å². The number of hydrogen-bond acceptors (Lipinski definition) is 3. The highest BCUT2D eigenvalue weighted by molar-refractivity contribution is 7.27. The van der Waals surface area contributed by atoms with Crippen molar-refractivity contribution in [1.29, 1.82) is 0 Å². The highest BCUT2D eigenvalue weighted by atomic mass is 32.1. The van der Waals surface area contributed by atoms with Gasteiger partial charge in [0.25, 0.3) is 0 Å². The molecule has 0 bridgehead atoms. The minimum atomic E-state index is 1.13. The minimum absolute atomic E-state index is 1.13. The monoisotopic (exact) mass is 659 g/mol. The maximum atomic E-state index is 2.42. The van der Waals surface area contributed by atoms with Gasteiger partial charge in [-0.25, -0.2) is 0 Å². The van der Waals surface area contributed by atoms with Crippen LogP contribution >= 0.6 is 22.7 Å². The minimum Gasteiger partial charge on any atom is -0.309 e. The molecule has 230 valence electrons. The SMILES string of the molecule is c1ccc(-c2ccc(N(c3ccc(-c4cc5ccccc5c5c4sc4ccccc45)cc3)c3cccc4c3sc3ccccc34)cc2)cc1. The summed E-state index contributed by atoms with van der Waals surface area (Å²) in [7, 11) is 0. The molecule has 2 aromatic heterocycles. The van der Waals surface area contributed by atoms with Crippen LogP contribution in [0.25, 0.3) is 73.4 Å². The van der Waals surface area contributed by atoms with Gasteiger partial charge in [0.15, 0.2) is 0 Å². The Hall–Kier alpha value is -5.74. The zero-order chi connectivity index (χ0) is 32.3. The molecule has 0 atom stereocenters. The summed E-state index contributed by atoms with van der Waals surface area (Å²) in [5.74, 6) is 0. The number of fused-ring (bicyclic) bond motifs is 8. The van der Waals surface area contributed by atoms with Crippen LogP contribution in [0.15, 0.2) is 176 Å². The molecule has 1 nitrogen and oxygen atoms in total. The molecule has 10 rings (SSSR count). The van der Waals surface area contributed by atoms with Crippen LogP contribution in [-0.4, -0.2) is 0 Å². The quantitative estimate of drug-likeness (QED) is 0.178. The van der Waals surface area contributed by atoms with E-state index in [1.807, 2.05) is 22.7 Å². The van der Waals surface area contributed by atoms with Crippen molar-refractivity contribution in [3.63, 3.8) is 0 Å². The molecule has 8 aromatic carbocycles. The van der Waals surface area contributed by atoms with Gasteiger partial charge in [0, 0.05) is 52.6 Å². The van der Waals surface area contributed by atoms with Crippen molar-refractivity contribution < 1.29 is 0 Å². The number of thiophene rings is 2. The second kappa shape index (κ2) is 11.5. The first-order chi connectivity index (χ1) is 24.3. The molecule has 49 heavy (non-hydrogen) atoms. The van der Waals surface area contributed by atoms with E-state index in [2.05, 4.69) is 181 Å². The van der Waals surface area contributed by atoms with Crippen LogP contribution in [0.2, 0.25) is 0 Å². The molecule has 0 radical (unpaired) electrons. The molecule has 0 saturated carbocycles. The van der Waals surface area contributed by atoms with Crippen molar-refractivity contribution in [2.75, 3.05) is 4.90 Å². The van der Waals surface area contributed by atoms with Gasteiger partial charge in [-0.1, -0.05) is 127 Å². The molecule has 0 aliphatic carbocycles. The average molecular weight is 660 g/mol. The van der Waals surface area contributed by atoms with Gasteiger partial charge in [-0.2, -0.15) is 0 Å². The Balaban J connectivity index is 1.15. The van der Waals surface area contributed by atoms with Crippen LogP contribution in [0.5, 0.6) is 0 Å².